The molecule has 0 saturated carbocycles. The van der Waals surface area contributed by atoms with Crippen LogP contribution in [0.5, 0.6) is 0 Å². The molecule has 0 aliphatic carbocycles. The highest BCUT2D eigenvalue weighted by molar-refractivity contribution is 7.86. The monoisotopic (exact) mass is 441 g/mol. The van der Waals surface area contributed by atoms with E-state index in [1.807, 2.05) is 0 Å². The van der Waals surface area contributed by atoms with Crippen molar-refractivity contribution in [2.24, 2.45) is 0 Å². The van der Waals surface area contributed by atoms with Crippen molar-refractivity contribution in [3.05, 3.63) is 54.6 Å². The van der Waals surface area contributed by atoms with E-state index in [2.05, 4.69) is 25.6 Å². The molecule has 3 rings (SSSR count). The number of halogens is 1. The Hall–Kier alpha value is -3.20. The van der Waals surface area contributed by atoms with Gasteiger partial charge in [-0.2, -0.15) is 36.2 Å². The maximum Gasteiger partial charge on any atom is 0.315 e. The van der Waals surface area contributed by atoms with Crippen molar-refractivity contribution in [3.63, 3.8) is 0 Å². The van der Waals surface area contributed by atoms with Crippen LogP contribution in [-0.4, -0.2) is 40.9 Å². The van der Waals surface area contributed by atoms with Crippen LogP contribution in [0.1, 0.15) is 0 Å². The highest BCUT2D eigenvalue weighted by atomic mass is 32.2. The van der Waals surface area contributed by atoms with Crippen LogP contribution < -0.4 is 10.6 Å². The van der Waals surface area contributed by atoms with Gasteiger partial charge in [-0.15, -0.1) is 0 Å². The molecule has 4 N–H and O–H groups in total. The minimum Gasteiger partial charge on any atom is -0.324 e. The molecule has 29 heavy (non-hydrogen) atoms. The summed E-state index contributed by atoms with van der Waals surface area (Å²) in [6.45, 7) is 0. The average molecular weight is 441 g/mol. The topological polar surface area (TPSA) is 171 Å². The number of hydrogen-bond acceptors (Lipinski definition) is 9. The first-order valence-electron chi connectivity index (χ1n) is 7.61. The second-order valence-corrected chi connectivity index (χ2v) is 8.34. The summed E-state index contributed by atoms with van der Waals surface area (Å²) in [4.78, 5) is 10.2. The number of rotatable bonds is 6. The third-order valence-corrected chi connectivity index (χ3v) is 5.16. The Kier molecular flexibility index (Phi) is 5.43. The number of anilines is 4. The smallest absolute Gasteiger partial charge is 0.315 e. The third kappa shape index (κ3) is 5.41. The number of benzene rings is 2. The fourth-order valence-corrected chi connectivity index (χ4v) is 3.10. The van der Waals surface area contributed by atoms with Crippen molar-refractivity contribution in [3.8, 4) is 0 Å². The molecule has 1 heterocycles. The predicted octanol–water partition coefficient (Wildman–Crippen LogP) is 1.99. The fraction of sp³-hybridized carbons (Fsp3) is 0. The minimum atomic E-state index is -4.35. The van der Waals surface area contributed by atoms with Gasteiger partial charge in [-0.3, -0.25) is 9.11 Å². The van der Waals surface area contributed by atoms with Gasteiger partial charge in [0.15, 0.2) is 0 Å². The van der Waals surface area contributed by atoms with E-state index in [0.717, 1.165) is 24.3 Å². The van der Waals surface area contributed by atoms with Crippen LogP contribution in [0.15, 0.2) is 58.3 Å². The van der Waals surface area contributed by atoms with Crippen LogP contribution in [0, 0.1) is 6.08 Å². The molecule has 0 bridgehead atoms. The molecule has 152 valence electrons. The lowest BCUT2D eigenvalue weighted by Gasteiger charge is -2.08. The Morgan fingerprint density at radius 3 is 1.31 bits per heavy atom. The first-order chi connectivity index (χ1) is 13.5. The van der Waals surface area contributed by atoms with E-state index in [0.29, 0.717) is 11.4 Å². The maximum atomic E-state index is 13.7. The van der Waals surface area contributed by atoms with E-state index in [-0.39, 0.29) is 21.7 Å². The van der Waals surface area contributed by atoms with Crippen LogP contribution in [0.25, 0.3) is 0 Å². The molecule has 0 aliphatic rings. The molecule has 0 saturated heterocycles. The third-order valence-electron chi connectivity index (χ3n) is 3.42. The summed E-state index contributed by atoms with van der Waals surface area (Å²) in [6.07, 6.45) is -1.12. The van der Waals surface area contributed by atoms with Gasteiger partial charge in [0, 0.05) is 11.4 Å². The van der Waals surface area contributed by atoms with E-state index in [1.54, 1.807) is 0 Å². The number of hydrogen-bond donors (Lipinski definition) is 4. The van der Waals surface area contributed by atoms with Crippen LogP contribution in [0.2, 0.25) is 0 Å². The largest absolute Gasteiger partial charge is 0.324 e. The van der Waals surface area contributed by atoms with Gasteiger partial charge in [0.2, 0.25) is 11.9 Å². The van der Waals surface area contributed by atoms with Gasteiger partial charge in [-0.05, 0) is 48.5 Å². The summed E-state index contributed by atoms with van der Waals surface area (Å²) in [5.74, 6) is -0.400. The summed E-state index contributed by atoms with van der Waals surface area (Å²) in [6, 6.07) is 9.77. The molecule has 1 aromatic heterocycles. The van der Waals surface area contributed by atoms with E-state index >= 15 is 0 Å². The highest BCUT2D eigenvalue weighted by Crippen LogP contribution is 2.20. The molecular formula is C15H12FN5O6S2. The SMILES string of the molecule is O=S(=O)(O)c1ccc(Nc2nc(F)nc(Nc3ccc(S(=O)(=O)O)cc3)n2)cc1. The van der Waals surface area contributed by atoms with Gasteiger partial charge in [0.25, 0.3) is 20.2 Å². The van der Waals surface area contributed by atoms with Crippen molar-refractivity contribution in [1.29, 1.82) is 0 Å². The van der Waals surface area contributed by atoms with Crippen LogP contribution >= 0.6 is 0 Å². The van der Waals surface area contributed by atoms with Gasteiger partial charge in [0.1, 0.15) is 0 Å². The lowest BCUT2D eigenvalue weighted by molar-refractivity contribution is 0.481. The van der Waals surface area contributed by atoms with Crippen molar-refractivity contribution >= 4 is 43.5 Å². The summed E-state index contributed by atoms with van der Waals surface area (Å²) in [7, 11) is -8.69. The number of nitrogens with one attached hydrogen (secondary N) is 2. The Bertz CT molecular complexity index is 1150. The molecule has 0 radical (unpaired) electrons. The molecule has 0 fully saturated rings. The van der Waals surface area contributed by atoms with Crippen molar-refractivity contribution in [2.75, 3.05) is 10.6 Å². The summed E-state index contributed by atoms with van der Waals surface area (Å²) in [5.41, 5.74) is 0.623. The molecule has 0 unspecified atom stereocenters. The zero-order valence-corrected chi connectivity index (χ0v) is 15.8. The van der Waals surface area contributed by atoms with Crippen LogP contribution in [0.4, 0.5) is 27.7 Å². The summed E-state index contributed by atoms with van der Waals surface area (Å²) >= 11 is 0. The van der Waals surface area contributed by atoms with Gasteiger partial charge < -0.3 is 10.6 Å². The summed E-state index contributed by atoms with van der Waals surface area (Å²) in [5, 5.41) is 5.30. The fourth-order valence-electron chi connectivity index (χ4n) is 2.14. The maximum absolute atomic E-state index is 13.7. The highest BCUT2D eigenvalue weighted by Gasteiger charge is 2.12. The molecule has 14 heteroatoms. The zero-order chi connectivity index (χ0) is 21.2. The van der Waals surface area contributed by atoms with Crippen LogP contribution in [-0.2, 0) is 20.2 Å². The number of aromatic nitrogens is 3. The summed E-state index contributed by atoms with van der Waals surface area (Å²) < 4.78 is 75.8. The standard InChI is InChI=1S/C15H12FN5O6S2/c16-13-19-14(17-9-1-5-11(6-2-9)28(22,23)24)21-15(20-13)18-10-3-7-12(8-4-10)29(25,26)27/h1-8H,(H,22,23,24)(H,25,26,27)(H2,17,18,19,20,21). The lowest BCUT2D eigenvalue weighted by atomic mass is 10.3. The van der Waals surface area contributed by atoms with Gasteiger partial charge in [-0.1, -0.05) is 0 Å². The molecule has 0 spiro atoms. The molecule has 3 aromatic rings. The molecule has 0 atom stereocenters. The Morgan fingerprint density at radius 1 is 0.655 bits per heavy atom. The second-order valence-electron chi connectivity index (χ2n) is 5.50. The Labute approximate surface area is 164 Å². The van der Waals surface area contributed by atoms with Gasteiger partial charge in [-0.25, -0.2) is 0 Å². The quantitative estimate of drug-likeness (QED) is 0.412. The molecule has 11 nitrogen and oxygen atoms in total. The Morgan fingerprint density at radius 2 is 1.00 bits per heavy atom. The van der Waals surface area contributed by atoms with E-state index in [9.17, 15) is 21.2 Å². The van der Waals surface area contributed by atoms with Crippen molar-refractivity contribution in [2.45, 2.75) is 9.79 Å². The Balaban J connectivity index is 1.79. The van der Waals surface area contributed by atoms with Gasteiger partial charge in [0.05, 0.1) is 9.79 Å². The predicted molar refractivity (Wildman–Crippen MR) is 98.9 cm³/mol. The lowest BCUT2D eigenvalue weighted by Crippen LogP contribution is -2.06. The van der Waals surface area contributed by atoms with Crippen molar-refractivity contribution < 1.29 is 30.3 Å². The molecule has 0 aliphatic heterocycles. The average Bonchev–Trinajstić information content (AvgIpc) is 2.60. The van der Waals surface area contributed by atoms with E-state index in [4.69, 9.17) is 9.11 Å². The normalized spacial score (nSPS) is 11.8. The first-order valence-corrected chi connectivity index (χ1v) is 10.5. The number of nitrogens with zero attached hydrogens (tertiary/aromatic N) is 3. The first kappa shape index (κ1) is 20.5. The zero-order valence-electron chi connectivity index (χ0n) is 14.2. The second kappa shape index (κ2) is 7.67. The molecule has 0 amide bonds. The van der Waals surface area contributed by atoms with E-state index in [1.165, 1.54) is 24.3 Å². The minimum absolute atomic E-state index is 0.200. The van der Waals surface area contributed by atoms with Gasteiger partial charge >= 0.3 is 6.08 Å². The van der Waals surface area contributed by atoms with E-state index < -0.39 is 26.3 Å². The molecular weight excluding hydrogens is 429 g/mol. The van der Waals surface area contributed by atoms with Crippen LogP contribution in [0.3, 0.4) is 0 Å². The molecule has 2 aromatic carbocycles. The van der Waals surface area contributed by atoms with Crippen molar-refractivity contribution in [1.82, 2.24) is 15.0 Å².